The Balaban J connectivity index is 2.53. The van der Waals surface area contributed by atoms with Gasteiger partial charge in [-0.25, -0.2) is 4.98 Å². The Morgan fingerprint density at radius 3 is 2.88 bits per heavy atom. The molecule has 0 aliphatic heterocycles. The van der Waals surface area contributed by atoms with E-state index in [4.69, 9.17) is 10.5 Å². The summed E-state index contributed by atoms with van der Waals surface area (Å²) in [6.45, 7) is 5.64. The molecule has 5 nitrogen and oxygen atoms in total. The van der Waals surface area contributed by atoms with Gasteiger partial charge in [-0.1, -0.05) is 0 Å². The number of carbonyl (C=O) groups is 1. The Kier molecular flexibility index (Phi) is 4.25. The fourth-order valence-electron chi connectivity index (χ4n) is 1.06. The Bertz CT molecular complexity index is 377. The highest BCUT2D eigenvalue weighted by Gasteiger charge is 2.05. The van der Waals surface area contributed by atoms with Crippen LogP contribution in [0.15, 0.2) is 12.3 Å². The molecule has 0 aliphatic rings. The van der Waals surface area contributed by atoms with E-state index >= 15 is 0 Å². The number of hydrogen-bond donors (Lipinski definition) is 2. The lowest BCUT2D eigenvalue weighted by molar-refractivity contribution is -0.121. The van der Waals surface area contributed by atoms with Gasteiger partial charge in [-0.3, -0.25) is 4.79 Å². The zero-order valence-electron chi connectivity index (χ0n) is 9.78. The molecule has 3 N–H and O–H groups in total. The molecule has 0 unspecified atom stereocenters. The minimum atomic E-state index is -0.217. The van der Waals surface area contributed by atoms with Crippen molar-refractivity contribution in [3.05, 3.63) is 17.8 Å². The average molecular weight is 223 g/mol. The van der Waals surface area contributed by atoms with Gasteiger partial charge in [0.1, 0.15) is 12.4 Å². The number of aryl methyl sites for hydroxylation is 1. The van der Waals surface area contributed by atoms with Crippen LogP contribution in [0.25, 0.3) is 0 Å². The molecule has 0 aromatic carbocycles. The van der Waals surface area contributed by atoms with E-state index in [1.54, 1.807) is 6.07 Å². The highest BCUT2D eigenvalue weighted by atomic mass is 16.5. The van der Waals surface area contributed by atoms with Crippen LogP contribution in [0.2, 0.25) is 0 Å². The lowest BCUT2D eigenvalue weighted by atomic mass is 10.2. The van der Waals surface area contributed by atoms with E-state index in [1.807, 2.05) is 20.8 Å². The predicted molar refractivity (Wildman–Crippen MR) is 63.1 cm³/mol. The number of ether oxygens (including phenoxy) is 1. The summed E-state index contributed by atoms with van der Waals surface area (Å²) in [7, 11) is 0. The van der Waals surface area contributed by atoms with Gasteiger partial charge in [0.05, 0.1) is 18.0 Å². The molecule has 1 aromatic heterocycles. The molecule has 0 saturated heterocycles. The van der Waals surface area contributed by atoms with E-state index in [9.17, 15) is 4.79 Å². The largest absolute Gasteiger partial charge is 0.397 e. The average Bonchev–Trinajstić information content (AvgIpc) is 2.21. The monoisotopic (exact) mass is 223 g/mol. The van der Waals surface area contributed by atoms with Gasteiger partial charge in [-0.15, -0.1) is 0 Å². The van der Waals surface area contributed by atoms with Crippen molar-refractivity contribution in [3.8, 4) is 0 Å². The van der Waals surface area contributed by atoms with Crippen LogP contribution in [-0.2, 0) is 9.53 Å². The summed E-state index contributed by atoms with van der Waals surface area (Å²) in [5, 5.41) is 2.63. The molecule has 0 bridgehead atoms. The van der Waals surface area contributed by atoms with Crippen molar-refractivity contribution in [1.29, 1.82) is 0 Å². The summed E-state index contributed by atoms with van der Waals surface area (Å²) >= 11 is 0. The van der Waals surface area contributed by atoms with Gasteiger partial charge < -0.3 is 15.8 Å². The van der Waals surface area contributed by atoms with Crippen molar-refractivity contribution in [2.24, 2.45) is 0 Å². The number of amides is 1. The number of nitrogens with two attached hydrogens (primary N) is 1. The lowest BCUT2D eigenvalue weighted by Gasteiger charge is -2.08. The number of rotatable bonds is 4. The molecule has 5 heteroatoms. The standard InChI is InChI=1S/C11H17N3O2/c1-7(2)16-6-11(15)14-10-4-8(3)9(12)5-13-10/h4-5,7H,6,12H2,1-3H3,(H,13,14,15). The lowest BCUT2D eigenvalue weighted by Crippen LogP contribution is -2.21. The third kappa shape index (κ3) is 3.86. The quantitative estimate of drug-likeness (QED) is 0.807. The minimum absolute atomic E-state index is 0.0305. The number of nitrogen functional groups attached to an aromatic ring is 1. The van der Waals surface area contributed by atoms with Crippen LogP contribution in [0.4, 0.5) is 11.5 Å². The Hall–Kier alpha value is -1.62. The molecule has 1 amide bonds. The predicted octanol–water partition coefficient (Wildman–Crippen LogP) is 1.34. The third-order valence-electron chi connectivity index (χ3n) is 1.97. The smallest absolute Gasteiger partial charge is 0.251 e. The molecule has 88 valence electrons. The molecule has 0 atom stereocenters. The summed E-state index contributed by atoms with van der Waals surface area (Å²) in [6.07, 6.45) is 1.56. The fraction of sp³-hybridized carbons (Fsp3) is 0.455. The van der Waals surface area contributed by atoms with Gasteiger partial charge in [0, 0.05) is 0 Å². The first-order valence-electron chi connectivity index (χ1n) is 5.12. The number of anilines is 2. The van der Waals surface area contributed by atoms with Gasteiger partial charge in [0.25, 0.3) is 5.91 Å². The minimum Gasteiger partial charge on any atom is -0.397 e. The van der Waals surface area contributed by atoms with Crippen molar-refractivity contribution in [1.82, 2.24) is 4.98 Å². The summed E-state index contributed by atoms with van der Waals surface area (Å²) < 4.78 is 5.17. The summed E-state index contributed by atoms with van der Waals surface area (Å²) in [5.41, 5.74) is 7.11. The zero-order chi connectivity index (χ0) is 12.1. The second-order valence-corrected chi connectivity index (χ2v) is 3.83. The normalized spacial score (nSPS) is 10.5. The highest BCUT2D eigenvalue weighted by Crippen LogP contribution is 2.12. The van der Waals surface area contributed by atoms with Gasteiger partial charge in [0.15, 0.2) is 0 Å². The second-order valence-electron chi connectivity index (χ2n) is 3.83. The Labute approximate surface area is 95.0 Å². The zero-order valence-corrected chi connectivity index (χ0v) is 9.78. The van der Waals surface area contributed by atoms with Gasteiger partial charge in [0.2, 0.25) is 0 Å². The van der Waals surface area contributed by atoms with Crippen molar-refractivity contribution < 1.29 is 9.53 Å². The van der Waals surface area contributed by atoms with Gasteiger partial charge >= 0.3 is 0 Å². The van der Waals surface area contributed by atoms with Gasteiger partial charge in [-0.05, 0) is 32.4 Å². The maximum Gasteiger partial charge on any atom is 0.251 e. The van der Waals surface area contributed by atoms with E-state index in [1.165, 1.54) is 6.20 Å². The second kappa shape index (κ2) is 5.46. The first-order chi connectivity index (χ1) is 7.49. The van der Waals surface area contributed by atoms with Crippen LogP contribution in [0.5, 0.6) is 0 Å². The number of nitrogens with zero attached hydrogens (tertiary/aromatic N) is 1. The van der Waals surface area contributed by atoms with Crippen molar-refractivity contribution in [2.45, 2.75) is 26.9 Å². The molecular formula is C11H17N3O2. The Morgan fingerprint density at radius 1 is 1.62 bits per heavy atom. The molecule has 1 heterocycles. The number of pyridine rings is 1. The maximum absolute atomic E-state index is 11.4. The van der Waals surface area contributed by atoms with Crippen LogP contribution in [0.1, 0.15) is 19.4 Å². The van der Waals surface area contributed by atoms with E-state index in [0.29, 0.717) is 11.5 Å². The molecule has 0 fully saturated rings. The van der Waals surface area contributed by atoms with Crippen LogP contribution in [0.3, 0.4) is 0 Å². The van der Waals surface area contributed by atoms with Crippen molar-refractivity contribution >= 4 is 17.4 Å². The fourth-order valence-corrected chi connectivity index (χ4v) is 1.06. The molecule has 0 radical (unpaired) electrons. The summed E-state index contributed by atoms with van der Waals surface area (Å²) in [4.78, 5) is 15.4. The van der Waals surface area contributed by atoms with Crippen molar-refractivity contribution in [2.75, 3.05) is 17.7 Å². The SMILES string of the molecule is Cc1cc(NC(=O)COC(C)C)ncc1N. The van der Waals surface area contributed by atoms with Crippen LogP contribution in [0, 0.1) is 6.92 Å². The number of hydrogen-bond acceptors (Lipinski definition) is 4. The van der Waals surface area contributed by atoms with Crippen molar-refractivity contribution in [3.63, 3.8) is 0 Å². The van der Waals surface area contributed by atoms with Crippen LogP contribution >= 0.6 is 0 Å². The molecule has 0 saturated carbocycles. The first kappa shape index (κ1) is 12.4. The molecule has 16 heavy (non-hydrogen) atoms. The van der Waals surface area contributed by atoms with Crippen LogP contribution in [-0.4, -0.2) is 23.6 Å². The summed E-state index contributed by atoms with van der Waals surface area (Å²) in [6, 6.07) is 1.72. The number of aromatic nitrogens is 1. The molecule has 0 spiro atoms. The molecular weight excluding hydrogens is 206 g/mol. The molecule has 1 rings (SSSR count). The Morgan fingerprint density at radius 2 is 2.31 bits per heavy atom. The van der Waals surface area contributed by atoms with E-state index in [0.717, 1.165) is 5.56 Å². The third-order valence-corrected chi connectivity index (χ3v) is 1.97. The topological polar surface area (TPSA) is 77.2 Å². The number of nitrogens with one attached hydrogen (secondary N) is 1. The van der Waals surface area contributed by atoms with E-state index < -0.39 is 0 Å². The maximum atomic E-state index is 11.4. The number of carbonyl (C=O) groups excluding carboxylic acids is 1. The highest BCUT2D eigenvalue weighted by molar-refractivity contribution is 5.90. The molecule has 0 aliphatic carbocycles. The van der Waals surface area contributed by atoms with Crippen LogP contribution < -0.4 is 11.1 Å². The first-order valence-corrected chi connectivity index (χ1v) is 5.12. The molecule has 1 aromatic rings. The van der Waals surface area contributed by atoms with E-state index in [2.05, 4.69) is 10.3 Å². The summed E-state index contributed by atoms with van der Waals surface area (Å²) in [5.74, 6) is 0.273. The van der Waals surface area contributed by atoms with Gasteiger partial charge in [-0.2, -0.15) is 0 Å². The van der Waals surface area contributed by atoms with E-state index in [-0.39, 0.29) is 18.6 Å².